The molecule has 2 N–H and O–H groups in total. The van der Waals surface area contributed by atoms with Gasteiger partial charge in [0.05, 0.1) is 25.2 Å². The number of rotatable bonds is 8. The van der Waals surface area contributed by atoms with Crippen molar-refractivity contribution in [3.8, 4) is 0 Å². The van der Waals surface area contributed by atoms with Crippen molar-refractivity contribution in [2.45, 2.75) is 39.4 Å². The van der Waals surface area contributed by atoms with Gasteiger partial charge < -0.3 is 20.3 Å². The number of ether oxygens (including phenoxy) is 1. The number of carbonyl (C=O) groups is 2. The third-order valence-corrected chi connectivity index (χ3v) is 6.73. The van der Waals surface area contributed by atoms with Crippen LogP contribution in [0.5, 0.6) is 0 Å². The molecule has 9 heteroatoms. The Hall–Kier alpha value is -3.72. The van der Waals surface area contributed by atoms with Crippen molar-refractivity contribution >= 4 is 28.7 Å². The molecule has 1 aliphatic rings. The second-order valence-corrected chi connectivity index (χ2v) is 9.74. The third kappa shape index (κ3) is 6.54. The van der Waals surface area contributed by atoms with Crippen molar-refractivity contribution in [2.24, 2.45) is 5.92 Å². The van der Waals surface area contributed by atoms with Gasteiger partial charge in [-0.2, -0.15) is 0 Å². The molecule has 9 nitrogen and oxygen atoms in total. The van der Waals surface area contributed by atoms with Gasteiger partial charge in [-0.3, -0.25) is 4.90 Å². The SMILES string of the molecule is COC(=O)[C@@H](Nc1nc(CN2CCN(C(=O)N[C@H](C)c3ccccc3)CC2)nc2ccccc12)C(C)C. The number of esters is 1. The van der Waals surface area contributed by atoms with Gasteiger partial charge >= 0.3 is 12.0 Å². The van der Waals surface area contributed by atoms with Crippen molar-refractivity contribution in [1.29, 1.82) is 0 Å². The summed E-state index contributed by atoms with van der Waals surface area (Å²) in [6.45, 7) is 9.19. The van der Waals surface area contributed by atoms with E-state index in [0.717, 1.165) is 29.6 Å². The molecule has 37 heavy (non-hydrogen) atoms. The van der Waals surface area contributed by atoms with Gasteiger partial charge in [0.25, 0.3) is 0 Å². The van der Waals surface area contributed by atoms with E-state index < -0.39 is 6.04 Å². The normalized spacial score (nSPS) is 15.9. The molecule has 2 aromatic carbocycles. The summed E-state index contributed by atoms with van der Waals surface area (Å²) in [5.74, 6) is 0.991. The molecule has 1 fully saturated rings. The van der Waals surface area contributed by atoms with Crippen LogP contribution in [0.2, 0.25) is 0 Å². The fraction of sp³-hybridized carbons (Fsp3) is 0.429. The van der Waals surface area contributed by atoms with Gasteiger partial charge in [-0.05, 0) is 30.5 Å². The van der Waals surface area contributed by atoms with E-state index in [1.807, 2.05) is 80.3 Å². The second-order valence-electron chi connectivity index (χ2n) is 9.74. The van der Waals surface area contributed by atoms with E-state index in [2.05, 4.69) is 15.5 Å². The number of para-hydroxylation sites is 1. The summed E-state index contributed by atoms with van der Waals surface area (Å²) in [5, 5.41) is 7.25. The minimum atomic E-state index is -0.517. The lowest BCUT2D eigenvalue weighted by molar-refractivity contribution is -0.142. The molecule has 4 rings (SSSR count). The number of aromatic nitrogens is 2. The van der Waals surface area contributed by atoms with Crippen molar-refractivity contribution in [3.63, 3.8) is 0 Å². The van der Waals surface area contributed by atoms with Gasteiger partial charge in [-0.15, -0.1) is 0 Å². The molecule has 0 radical (unpaired) electrons. The monoisotopic (exact) mass is 504 g/mol. The molecular formula is C28H36N6O3. The van der Waals surface area contributed by atoms with Crippen LogP contribution in [0.1, 0.15) is 38.2 Å². The molecule has 2 atom stereocenters. The Labute approximate surface area is 218 Å². The van der Waals surface area contributed by atoms with E-state index >= 15 is 0 Å². The minimum absolute atomic E-state index is 0.0217. The van der Waals surface area contributed by atoms with Crippen LogP contribution < -0.4 is 10.6 Å². The molecule has 3 aromatic rings. The van der Waals surface area contributed by atoms with Crippen LogP contribution in [0.25, 0.3) is 10.9 Å². The highest BCUT2D eigenvalue weighted by atomic mass is 16.5. The zero-order valence-corrected chi connectivity index (χ0v) is 22.0. The number of hydrogen-bond donors (Lipinski definition) is 2. The van der Waals surface area contributed by atoms with E-state index in [1.54, 1.807) is 0 Å². The molecule has 0 unspecified atom stereocenters. The van der Waals surface area contributed by atoms with E-state index in [9.17, 15) is 9.59 Å². The average molecular weight is 505 g/mol. The van der Waals surface area contributed by atoms with Gasteiger partial charge in [0, 0.05) is 31.6 Å². The Kier molecular flexibility index (Phi) is 8.55. The lowest BCUT2D eigenvalue weighted by Gasteiger charge is -2.35. The number of urea groups is 1. The molecule has 0 spiro atoms. The molecule has 2 heterocycles. The van der Waals surface area contributed by atoms with Crippen LogP contribution in [-0.2, 0) is 16.1 Å². The Morgan fingerprint density at radius 1 is 0.946 bits per heavy atom. The molecule has 0 aliphatic carbocycles. The number of anilines is 1. The van der Waals surface area contributed by atoms with Gasteiger partial charge in [0.15, 0.2) is 0 Å². The smallest absolute Gasteiger partial charge is 0.328 e. The number of hydrogen-bond acceptors (Lipinski definition) is 7. The van der Waals surface area contributed by atoms with Crippen molar-refractivity contribution in [3.05, 3.63) is 66.0 Å². The minimum Gasteiger partial charge on any atom is -0.467 e. The standard InChI is InChI=1S/C28H36N6O3/c1-19(2)25(27(35)37-4)32-26-22-12-8-9-13-23(22)30-24(31-26)18-33-14-16-34(17-15-33)28(36)29-20(3)21-10-6-5-7-11-21/h5-13,19-20,25H,14-18H2,1-4H3,(H,29,36)(H,30,31,32)/t20-,25+/m1/s1. The number of nitrogens with one attached hydrogen (secondary N) is 2. The molecular weight excluding hydrogens is 468 g/mol. The second kappa shape index (κ2) is 12.0. The van der Waals surface area contributed by atoms with E-state index in [1.165, 1.54) is 7.11 Å². The van der Waals surface area contributed by atoms with Gasteiger partial charge in [0.2, 0.25) is 0 Å². The highest BCUT2D eigenvalue weighted by molar-refractivity contribution is 5.91. The lowest BCUT2D eigenvalue weighted by atomic mass is 10.0. The Bertz CT molecular complexity index is 1210. The van der Waals surface area contributed by atoms with Gasteiger partial charge in [-0.1, -0.05) is 56.3 Å². The summed E-state index contributed by atoms with van der Waals surface area (Å²) in [5.41, 5.74) is 1.90. The van der Waals surface area contributed by atoms with Crippen molar-refractivity contribution in [1.82, 2.24) is 25.1 Å². The predicted octanol–water partition coefficient (Wildman–Crippen LogP) is 3.83. The number of benzene rings is 2. The predicted molar refractivity (Wildman–Crippen MR) is 144 cm³/mol. The number of fused-ring (bicyclic) bond motifs is 1. The number of carbonyl (C=O) groups excluding carboxylic acids is 2. The van der Waals surface area contributed by atoms with E-state index in [-0.39, 0.29) is 24.0 Å². The fourth-order valence-corrected chi connectivity index (χ4v) is 4.49. The van der Waals surface area contributed by atoms with Crippen LogP contribution in [0, 0.1) is 5.92 Å². The fourth-order valence-electron chi connectivity index (χ4n) is 4.49. The first-order valence-electron chi connectivity index (χ1n) is 12.8. The maximum absolute atomic E-state index is 12.8. The maximum atomic E-state index is 12.8. The van der Waals surface area contributed by atoms with Crippen LogP contribution in [0.4, 0.5) is 10.6 Å². The first kappa shape index (κ1) is 26.3. The summed E-state index contributed by atoms with van der Waals surface area (Å²) in [7, 11) is 1.39. The Balaban J connectivity index is 1.41. The molecule has 1 aromatic heterocycles. The molecule has 2 amide bonds. The van der Waals surface area contributed by atoms with Gasteiger partial charge in [-0.25, -0.2) is 19.6 Å². The largest absolute Gasteiger partial charge is 0.467 e. The summed E-state index contributed by atoms with van der Waals surface area (Å²) < 4.78 is 5.00. The maximum Gasteiger partial charge on any atom is 0.328 e. The zero-order chi connectivity index (χ0) is 26.4. The van der Waals surface area contributed by atoms with Crippen molar-refractivity contribution < 1.29 is 14.3 Å². The average Bonchev–Trinajstić information content (AvgIpc) is 2.91. The van der Waals surface area contributed by atoms with Gasteiger partial charge in [0.1, 0.15) is 17.7 Å². The highest BCUT2D eigenvalue weighted by Gasteiger charge is 2.26. The van der Waals surface area contributed by atoms with E-state index in [4.69, 9.17) is 14.7 Å². The summed E-state index contributed by atoms with van der Waals surface area (Å²) in [6, 6.07) is 17.1. The number of amides is 2. The first-order chi connectivity index (χ1) is 17.9. The van der Waals surface area contributed by atoms with Crippen LogP contribution in [-0.4, -0.2) is 71.1 Å². The number of piperazine rings is 1. The Morgan fingerprint density at radius 3 is 2.30 bits per heavy atom. The molecule has 1 saturated heterocycles. The van der Waals surface area contributed by atoms with Crippen LogP contribution in [0.3, 0.4) is 0 Å². The molecule has 0 bridgehead atoms. The summed E-state index contributed by atoms with van der Waals surface area (Å²) >= 11 is 0. The topological polar surface area (TPSA) is 99.7 Å². The van der Waals surface area contributed by atoms with Crippen LogP contribution in [0.15, 0.2) is 54.6 Å². The van der Waals surface area contributed by atoms with Crippen molar-refractivity contribution in [2.75, 3.05) is 38.6 Å². The zero-order valence-electron chi connectivity index (χ0n) is 22.0. The molecule has 0 saturated carbocycles. The highest BCUT2D eigenvalue weighted by Crippen LogP contribution is 2.23. The third-order valence-electron chi connectivity index (χ3n) is 6.73. The Morgan fingerprint density at radius 2 is 1.62 bits per heavy atom. The molecule has 1 aliphatic heterocycles. The molecule has 196 valence electrons. The summed E-state index contributed by atoms with van der Waals surface area (Å²) in [4.78, 5) is 38.8. The number of nitrogens with zero attached hydrogens (tertiary/aromatic N) is 4. The van der Waals surface area contributed by atoms with E-state index in [0.29, 0.717) is 31.3 Å². The van der Waals surface area contributed by atoms with Crippen LogP contribution >= 0.6 is 0 Å². The number of methoxy groups -OCH3 is 1. The lowest BCUT2D eigenvalue weighted by Crippen LogP contribution is -2.51. The first-order valence-corrected chi connectivity index (χ1v) is 12.8. The summed E-state index contributed by atoms with van der Waals surface area (Å²) in [6.07, 6.45) is 0. The quantitative estimate of drug-likeness (QED) is 0.450.